The van der Waals surface area contributed by atoms with E-state index in [0.29, 0.717) is 0 Å². The summed E-state index contributed by atoms with van der Waals surface area (Å²) in [5.41, 5.74) is 0.204. The maximum absolute atomic E-state index is 11.1. The second-order valence-corrected chi connectivity index (χ2v) is 1.27. The van der Waals surface area contributed by atoms with Crippen LogP contribution >= 0.6 is 0 Å². The molecule has 2 heteroatoms. The van der Waals surface area contributed by atoms with Crippen LogP contribution in [0.3, 0.4) is 0 Å². The number of allylic oxidation sites excluding steroid dienone is 1. The molecule has 0 atom stereocenters. The topological polar surface area (TPSA) is 19.9 Å². The monoisotopic (exact) mass is 89.0 g/mol. The third kappa shape index (κ3) is 1.76. The molecule has 0 N–H and O–H groups in total. The van der Waals surface area contributed by atoms with Crippen LogP contribution in [0.2, 0.25) is 0 Å². The molecule has 0 aliphatic heterocycles. The van der Waals surface area contributed by atoms with E-state index in [1.165, 1.54) is 13.8 Å². The standard InChI is InChI=1S/C4H6FO/c1-3(2)4(5)6/h1-2H3. The van der Waals surface area contributed by atoms with Gasteiger partial charge in [-0.25, -0.2) is 0 Å². The van der Waals surface area contributed by atoms with Gasteiger partial charge >= 0.3 is 6.01 Å². The molecule has 0 aliphatic rings. The Morgan fingerprint density at radius 1 is 1.50 bits per heavy atom. The Morgan fingerprint density at radius 2 is 1.67 bits per heavy atom. The first kappa shape index (κ1) is 5.47. The minimum atomic E-state index is -1.32. The highest BCUT2D eigenvalue weighted by atomic mass is 19.1. The zero-order chi connectivity index (χ0) is 5.15. The Labute approximate surface area is 36.1 Å². The lowest BCUT2D eigenvalue weighted by Crippen LogP contribution is -1.67. The van der Waals surface area contributed by atoms with Crippen LogP contribution in [0.25, 0.3) is 0 Å². The molecular formula is C4H6FO. The molecule has 0 bridgehead atoms. The molecule has 0 rings (SSSR count). The molecule has 1 nitrogen and oxygen atoms in total. The van der Waals surface area contributed by atoms with E-state index in [2.05, 4.69) is 0 Å². The fourth-order valence-corrected chi connectivity index (χ4v) is 0. The highest BCUT2D eigenvalue weighted by Crippen LogP contribution is 1.97. The second kappa shape index (κ2) is 1.80. The summed E-state index contributed by atoms with van der Waals surface area (Å²) >= 11 is 0. The molecule has 0 aromatic carbocycles. The third-order valence-electron chi connectivity index (χ3n) is 0.393. The predicted molar refractivity (Wildman–Crippen MR) is 20.2 cm³/mol. The predicted octanol–water partition coefficient (Wildman–Crippen LogP) is 1.64. The van der Waals surface area contributed by atoms with E-state index in [1.807, 2.05) is 0 Å². The Hall–Kier alpha value is -0.530. The molecule has 6 heavy (non-hydrogen) atoms. The van der Waals surface area contributed by atoms with Crippen molar-refractivity contribution in [3.05, 3.63) is 11.6 Å². The molecule has 0 heterocycles. The summed E-state index contributed by atoms with van der Waals surface area (Å²) in [6, 6.07) is -1.32. The van der Waals surface area contributed by atoms with Gasteiger partial charge < -0.3 is 0 Å². The molecule has 0 spiro atoms. The van der Waals surface area contributed by atoms with E-state index in [4.69, 9.17) is 0 Å². The third-order valence-corrected chi connectivity index (χ3v) is 0.393. The summed E-state index contributed by atoms with van der Waals surface area (Å²) in [5.74, 6) is 0. The van der Waals surface area contributed by atoms with Crippen LogP contribution in [0.15, 0.2) is 11.6 Å². The molecule has 0 amide bonds. The first-order valence-corrected chi connectivity index (χ1v) is 1.64. The Balaban J connectivity index is 3.68. The molecule has 0 aromatic heterocycles. The van der Waals surface area contributed by atoms with Gasteiger partial charge in [0.25, 0.3) is 0 Å². The molecule has 0 unspecified atom stereocenters. The van der Waals surface area contributed by atoms with Crippen LogP contribution in [0.1, 0.15) is 13.8 Å². The maximum Gasteiger partial charge on any atom is 0.323 e. The van der Waals surface area contributed by atoms with E-state index >= 15 is 0 Å². The quantitative estimate of drug-likeness (QED) is 0.402. The van der Waals surface area contributed by atoms with Crippen molar-refractivity contribution >= 4 is 0 Å². The maximum atomic E-state index is 11.1. The zero-order valence-corrected chi connectivity index (χ0v) is 3.79. The van der Waals surface area contributed by atoms with Gasteiger partial charge in [-0.05, 0) is 13.8 Å². The average molecular weight is 89.1 g/mol. The zero-order valence-electron chi connectivity index (χ0n) is 3.79. The normalized spacial score (nSPS) is 7.83. The summed E-state index contributed by atoms with van der Waals surface area (Å²) in [4.78, 5) is 0. The minimum absolute atomic E-state index is 0.204. The summed E-state index contributed by atoms with van der Waals surface area (Å²) < 4.78 is 11.1. The van der Waals surface area contributed by atoms with E-state index < -0.39 is 6.01 Å². The SMILES string of the molecule is CC(C)=C([O])F. The van der Waals surface area contributed by atoms with Crippen LogP contribution in [-0.2, 0) is 5.11 Å². The van der Waals surface area contributed by atoms with Gasteiger partial charge in [-0.2, -0.15) is 4.39 Å². The Kier molecular flexibility index (Phi) is 1.64. The van der Waals surface area contributed by atoms with Gasteiger partial charge in [-0.3, -0.25) is 5.11 Å². The van der Waals surface area contributed by atoms with Gasteiger partial charge in [0.05, 0.1) is 0 Å². The smallest absolute Gasteiger partial charge is 0.256 e. The number of halogens is 1. The lowest BCUT2D eigenvalue weighted by atomic mass is 10.4. The highest BCUT2D eigenvalue weighted by molar-refractivity contribution is 4.91. The molecule has 0 aliphatic carbocycles. The minimum Gasteiger partial charge on any atom is -0.256 e. The van der Waals surface area contributed by atoms with Crippen LogP contribution < -0.4 is 0 Å². The van der Waals surface area contributed by atoms with Crippen molar-refractivity contribution < 1.29 is 9.50 Å². The van der Waals surface area contributed by atoms with Gasteiger partial charge in [0.15, 0.2) is 0 Å². The van der Waals surface area contributed by atoms with Crippen LogP contribution in [0, 0.1) is 0 Å². The van der Waals surface area contributed by atoms with Gasteiger partial charge in [-0.15, -0.1) is 0 Å². The van der Waals surface area contributed by atoms with Crippen molar-refractivity contribution in [2.45, 2.75) is 13.8 Å². The molecular weight excluding hydrogens is 83.0 g/mol. The van der Waals surface area contributed by atoms with Crippen molar-refractivity contribution in [1.29, 1.82) is 0 Å². The molecule has 0 fully saturated rings. The molecule has 0 saturated heterocycles. The molecule has 1 radical (unpaired) electrons. The molecule has 0 saturated carbocycles. The first-order valence-electron chi connectivity index (χ1n) is 1.64. The summed E-state index contributed by atoms with van der Waals surface area (Å²) in [5, 5.41) is 9.44. The van der Waals surface area contributed by atoms with Gasteiger partial charge in [0.2, 0.25) is 0 Å². The Morgan fingerprint density at radius 3 is 1.67 bits per heavy atom. The summed E-state index contributed by atoms with van der Waals surface area (Å²) in [6.45, 7) is 2.87. The summed E-state index contributed by atoms with van der Waals surface area (Å²) in [7, 11) is 0. The molecule has 35 valence electrons. The second-order valence-electron chi connectivity index (χ2n) is 1.27. The first-order chi connectivity index (χ1) is 2.64. The Bertz CT molecular complexity index is 57.6. The largest absolute Gasteiger partial charge is 0.323 e. The van der Waals surface area contributed by atoms with Crippen LogP contribution in [0.4, 0.5) is 4.39 Å². The van der Waals surface area contributed by atoms with Crippen LogP contribution in [0.5, 0.6) is 0 Å². The highest BCUT2D eigenvalue weighted by Gasteiger charge is 1.88. The summed E-state index contributed by atoms with van der Waals surface area (Å²) in [6.07, 6.45) is 0. The molecule has 0 aromatic rings. The van der Waals surface area contributed by atoms with Crippen molar-refractivity contribution in [3.63, 3.8) is 0 Å². The van der Waals surface area contributed by atoms with Crippen molar-refractivity contribution in [3.8, 4) is 0 Å². The van der Waals surface area contributed by atoms with Gasteiger partial charge in [0.1, 0.15) is 0 Å². The lowest BCUT2D eigenvalue weighted by Gasteiger charge is -1.77. The van der Waals surface area contributed by atoms with Crippen molar-refractivity contribution in [2.75, 3.05) is 0 Å². The lowest BCUT2D eigenvalue weighted by molar-refractivity contribution is 0.193. The van der Waals surface area contributed by atoms with Gasteiger partial charge in [-0.1, -0.05) is 0 Å². The number of rotatable bonds is 0. The number of hydrogen-bond donors (Lipinski definition) is 0. The number of hydrogen-bond acceptors (Lipinski definition) is 0. The van der Waals surface area contributed by atoms with Gasteiger partial charge in [0, 0.05) is 5.57 Å². The van der Waals surface area contributed by atoms with Crippen molar-refractivity contribution in [2.24, 2.45) is 0 Å². The fraction of sp³-hybridized carbons (Fsp3) is 0.500. The van der Waals surface area contributed by atoms with E-state index in [0.717, 1.165) is 0 Å². The van der Waals surface area contributed by atoms with E-state index in [-0.39, 0.29) is 5.57 Å². The van der Waals surface area contributed by atoms with E-state index in [9.17, 15) is 9.50 Å². The van der Waals surface area contributed by atoms with E-state index in [1.54, 1.807) is 0 Å². The van der Waals surface area contributed by atoms with Crippen molar-refractivity contribution in [1.82, 2.24) is 0 Å². The van der Waals surface area contributed by atoms with Crippen LogP contribution in [-0.4, -0.2) is 0 Å². The fourth-order valence-electron chi connectivity index (χ4n) is 0. The average Bonchev–Trinajstić information content (AvgIpc) is 1.36.